The van der Waals surface area contributed by atoms with Crippen molar-refractivity contribution in [2.24, 2.45) is 0 Å². The van der Waals surface area contributed by atoms with Gasteiger partial charge in [0.05, 0.1) is 5.56 Å². The number of alkyl halides is 3. The van der Waals surface area contributed by atoms with E-state index >= 15 is 0 Å². The summed E-state index contributed by atoms with van der Waals surface area (Å²) >= 11 is 0. The van der Waals surface area contributed by atoms with E-state index in [1.807, 2.05) is 0 Å². The Balaban J connectivity index is 2.63. The molecule has 0 aliphatic carbocycles. The van der Waals surface area contributed by atoms with Gasteiger partial charge in [-0.2, -0.15) is 13.2 Å². The third kappa shape index (κ3) is 1.32. The molecule has 74 valence electrons. The van der Waals surface area contributed by atoms with E-state index in [-0.39, 0.29) is 5.65 Å². The molecule has 0 saturated heterocycles. The number of pyridine rings is 1. The van der Waals surface area contributed by atoms with Crippen LogP contribution in [0.25, 0.3) is 5.65 Å². The summed E-state index contributed by atoms with van der Waals surface area (Å²) in [7, 11) is 0. The smallest absolute Gasteiger partial charge is 0.287 e. The summed E-state index contributed by atoms with van der Waals surface area (Å²) in [6, 6.07) is 1.98. The zero-order chi connectivity index (χ0) is 10.3. The van der Waals surface area contributed by atoms with Crippen LogP contribution >= 0.6 is 0 Å². The Morgan fingerprint density at radius 1 is 1.29 bits per heavy atom. The molecule has 2 aromatic rings. The molecule has 0 aromatic carbocycles. The van der Waals surface area contributed by atoms with Gasteiger partial charge in [0.15, 0.2) is 5.65 Å². The second kappa shape index (κ2) is 2.70. The van der Waals surface area contributed by atoms with Crippen molar-refractivity contribution < 1.29 is 13.2 Å². The Morgan fingerprint density at radius 3 is 2.64 bits per heavy atom. The average Bonchev–Trinajstić information content (AvgIpc) is 2.46. The molecule has 6 heteroatoms. The van der Waals surface area contributed by atoms with E-state index in [1.54, 1.807) is 6.92 Å². The lowest BCUT2D eigenvalue weighted by Gasteiger charge is -2.05. The van der Waals surface area contributed by atoms with Crippen LogP contribution < -0.4 is 0 Å². The number of rotatable bonds is 0. The van der Waals surface area contributed by atoms with Gasteiger partial charge in [0.2, 0.25) is 0 Å². The molecule has 0 radical (unpaired) electrons. The highest BCUT2D eigenvalue weighted by Crippen LogP contribution is 2.29. The molecule has 0 saturated carbocycles. The Kier molecular flexibility index (Phi) is 1.73. The van der Waals surface area contributed by atoms with Crippen LogP contribution in [0, 0.1) is 6.92 Å². The summed E-state index contributed by atoms with van der Waals surface area (Å²) < 4.78 is 38.3. The van der Waals surface area contributed by atoms with Crippen molar-refractivity contribution in [2.45, 2.75) is 13.1 Å². The molecule has 0 spiro atoms. The SMILES string of the molecule is Cc1nnc2cc(C(F)(F)F)ccn12. The lowest BCUT2D eigenvalue weighted by atomic mass is 10.2. The lowest BCUT2D eigenvalue weighted by Crippen LogP contribution is -2.05. The Hall–Kier alpha value is -1.59. The predicted molar refractivity (Wildman–Crippen MR) is 42.7 cm³/mol. The van der Waals surface area contributed by atoms with Crippen LogP contribution in [-0.4, -0.2) is 14.6 Å². The number of fused-ring (bicyclic) bond motifs is 1. The number of nitrogens with zero attached hydrogens (tertiary/aromatic N) is 3. The third-order valence-corrected chi connectivity index (χ3v) is 1.91. The van der Waals surface area contributed by atoms with Crippen LogP contribution in [-0.2, 0) is 6.18 Å². The van der Waals surface area contributed by atoms with E-state index in [0.717, 1.165) is 12.1 Å². The van der Waals surface area contributed by atoms with Crippen LogP contribution in [0.15, 0.2) is 18.3 Å². The quantitative estimate of drug-likeness (QED) is 0.653. The molecule has 0 unspecified atom stereocenters. The zero-order valence-corrected chi connectivity index (χ0v) is 7.21. The monoisotopic (exact) mass is 201 g/mol. The summed E-state index contributed by atoms with van der Waals surface area (Å²) in [4.78, 5) is 0. The Labute approximate surface area is 77.2 Å². The van der Waals surface area contributed by atoms with E-state index < -0.39 is 11.7 Å². The van der Waals surface area contributed by atoms with E-state index in [9.17, 15) is 13.2 Å². The van der Waals surface area contributed by atoms with E-state index in [4.69, 9.17) is 0 Å². The predicted octanol–water partition coefficient (Wildman–Crippen LogP) is 2.06. The number of aromatic nitrogens is 3. The highest BCUT2D eigenvalue weighted by Gasteiger charge is 2.30. The van der Waals surface area contributed by atoms with Crippen LogP contribution in [0.4, 0.5) is 13.2 Å². The molecule has 14 heavy (non-hydrogen) atoms. The third-order valence-electron chi connectivity index (χ3n) is 1.91. The Bertz CT molecular complexity index is 472. The highest BCUT2D eigenvalue weighted by atomic mass is 19.4. The van der Waals surface area contributed by atoms with Crippen LogP contribution in [0.1, 0.15) is 11.4 Å². The van der Waals surface area contributed by atoms with Gasteiger partial charge in [0, 0.05) is 6.20 Å². The van der Waals surface area contributed by atoms with Crippen LogP contribution in [0.3, 0.4) is 0 Å². The van der Waals surface area contributed by atoms with Gasteiger partial charge in [-0.25, -0.2) is 0 Å². The highest BCUT2D eigenvalue weighted by molar-refractivity contribution is 5.41. The van der Waals surface area contributed by atoms with Gasteiger partial charge in [-0.05, 0) is 19.1 Å². The molecule has 0 fully saturated rings. The second-order valence-electron chi connectivity index (χ2n) is 2.89. The van der Waals surface area contributed by atoms with Crippen molar-refractivity contribution in [1.29, 1.82) is 0 Å². The molecule has 3 nitrogen and oxygen atoms in total. The largest absolute Gasteiger partial charge is 0.416 e. The lowest BCUT2D eigenvalue weighted by molar-refractivity contribution is -0.137. The average molecular weight is 201 g/mol. The van der Waals surface area contributed by atoms with Gasteiger partial charge in [-0.15, -0.1) is 10.2 Å². The van der Waals surface area contributed by atoms with Gasteiger partial charge in [-0.3, -0.25) is 4.40 Å². The normalized spacial score (nSPS) is 12.3. The summed E-state index contributed by atoms with van der Waals surface area (Å²) in [5.74, 6) is 0.564. The van der Waals surface area contributed by atoms with Gasteiger partial charge < -0.3 is 0 Å². The molecular weight excluding hydrogens is 195 g/mol. The van der Waals surface area contributed by atoms with Crippen molar-refractivity contribution in [3.05, 3.63) is 29.7 Å². The minimum atomic E-state index is -4.33. The minimum absolute atomic E-state index is 0.206. The number of halogens is 3. The van der Waals surface area contributed by atoms with Crippen LogP contribution in [0.5, 0.6) is 0 Å². The summed E-state index contributed by atoms with van der Waals surface area (Å²) in [5, 5.41) is 7.27. The molecule has 0 N–H and O–H groups in total. The molecule has 0 bridgehead atoms. The van der Waals surface area contributed by atoms with Gasteiger partial charge in [0.1, 0.15) is 5.82 Å². The first kappa shape index (κ1) is 8.98. The maximum Gasteiger partial charge on any atom is 0.416 e. The zero-order valence-electron chi connectivity index (χ0n) is 7.21. The first-order chi connectivity index (χ1) is 6.48. The molecule has 2 rings (SSSR count). The molecule has 2 heterocycles. The molecule has 0 aliphatic heterocycles. The molecule has 2 aromatic heterocycles. The van der Waals surface area contributed by atoms with E-state index in [1.165, 1.54) is 10.6 Å². The van der Waals surface area contributed by atoms with Crippen LogP contribution in [0.2, 0.25) is 0 Å². The first-order valence-corrected chi connectivity index (χ1v) is 3.87. The maximum absolute atomic E-state index is 12.3. The van der Waals surface area contributed by atoms with Crippen molar-refractivity contribution in [1.82, 2.24) is 14.6 Å². The standard InChI is InChI=1S/C8H6F3N3/c1-5-12-13-7-4-6(8(9,10)11)2-3-14(5)7/h2-4H,1H3. The van der Waals surface area contributed by atoms with Crippen molar-refractivity contribution in [3.8, 4) is 0 Å². The first-order valence-electron chi connectivity index (χ1n) is 3.87. The van der Waals surface area contributed by atoms with E-state index in [2.05, 4.69) is 10.2 Å². The van der Waals surface area contributed by atoms with E-state index in [0.29, 0.717) is 5.82 Å². The fraction of sp³-hybridized carbons (Fsp3) is 0.250. The van der Waals surface area contributed by atoms with Gasteiger partial charge in [0.25, 0.3) is 0 Å². The molecule has 0 atom stereocenters. The van der Waals surface area contributed by atoms with Gasteiger partial charge in [-0.1, -0.05) is 0 Å². The van der Waals surface area contributed by atoms with Crippen molar-refractivity contribution >= 4 is 5.65 Å². The summed E-state index contributed by atoms with van der Waals surface area (Å²) in [6.45, 7) is 1.67. The molecule has 0 aliphatic rings. The maximum atomic E-state index is 12.3. The molecule has 0 amide bonds. The topological polar surface area (TPSA) is 30.2 Å². The molecular formula is C8H6F3N3. The van der Waals surface area contributed by atoms with Crippen molar-refractivity contribution in [2.75, 3.05) is 0 Å². The number of aryl methyl sites for hydroxylation is 1. The van der Waals surface area contributed by atoms with Crippen molar-refractivity contribution in [3.63, 3.8) is 0 Å². The fourth-order valence-electron chi connectivity index (χ4n) is 1.19. The minimum Gasteiger partial charge on any atom is -0.287 e. The number of hydrogen-bond acceptors (Lipinski definition) is 2. The summed E-state index contributed by atoms with van der Waals surface area (Å²) in [6.07, 6.45) is -3.02. The Morgan fingerprint density at radius 2 is 2.00 bits per heavy atom. The van der Waals surface area contributed by atoms with Gasteiger partial charge >= 0.3 is 6.18 Å². The number of hydrogen-bond donors (Lipinski definition) is 0. The summed E-state index contributed by atoms with van der Waals surface area (Å²) in [5.41, 5.74) is -0.505. The second-order valence-corrected chi connectivity index (χ2v) is 2.89. The fourth-order valence-corrected chi connectivity index (χ4v) is 1.19.